The summed E-state index contributed by atoms with van der Waals surface area (Å²) in [6.45, 7) is 4.42. The molecule has 1 aliphatic heterocycles. The number of para-hydroxylation sites is 1. The summed E-state index contributed by atoms with van der Waals surface area (Å²) in [5.74, 6) is 2.03. The van der Waals surface area contributed by atoms with Crippen LogP contribution in [0.4, 0.5) is 5.69 Å². The van der Waals surface area contributed by atoms with Crippen LogP contribution in [0.1, 0.15) is 19.4 Å². The molecule has 0 amide bonds. The second-order valence-corrected chi connectivity index (χ2v) is 10.2. The number of nitrogens with zero attached hydrogens (tertiary/aromatic N) is 1. The van der Waals surface area contributed by atoms with Gasteiger partial charge in [-0.05, 0) is 11.6 Å². The molecule has 0 spiro atoms. The molecule has 0 saturated heterocycles. The number of anilines is 1. The lowest BCUT2D eigenvalue weighted by molar-refractivity contribution is 0.590. The summed E-state index contributed by atoms with van der Waals surface area (Å²) in [6.07, 6.45) is 0. The van der Waals surface area contributed by atoms with E-state index in [9.17, 15) is 4.57 Å². The molecule has 0 unspecified atom stereocenters. The summed E-state index contributed by atoms with van der Waals surface area (Å²) in [4.78, 5) is 2.19. The second-order valence-electron chi connectivity index (χ2n) is 7.54. The van der Waals surface area contributed by atoms with Crippen molar-refractivity contribution in [2.45, 2.75) is 19.3 Å². The maximum atomic E-state index is 14.5. The highest BCUT2D eigenvalue weighted by Crippen LogP contribution is 2.53. The molecule has 2 nitrogen and oxygen atoms in total. The Hall–Kier alpha value is -2.57. The van der Waals surface area contributed by atoms with Crippen molar-refractivity contribution in [3.8, 4) is 0 Å². The zero-order chi connectivity index (χ0) is 19.1. The summed E-state index contributed by atoms with van der Waals surface area (Å²) < 4.78 is 14.5. The van der Waals surface area contributed by atoms with E-state index in [2.05, 4.69) is 50.1 Å². The van der Waals surface area contributed by atoms with Crippen LogP contribution in [0.25, 0.3) is 0 Å². The van der Waals surface area contributed by atoms with Crippen molar-refractivity contribution in [1.29, 1.82) is 0 Å². The molecule has 136 valence electrons. The summed E-state index contributed by atoms with van der Waals surface area (Å²) in [5.41, 5.74) is 3.33. The van der Waals surface area contributed by atoms with Crippen LogP contribution in [0, 0.1) is 0 Å². The van der Waals surface area contributed by atoms with E-state index in [0.717, 1.165) is 16.3 Å². The van der Waals surface area contributed by atoms with Gasteiger partial charge in [0.15, 0.2) is 7.14 Å². The zero-order valence-electron chi connectivity index (χ0n) is 16.0. The second kappa shape index (κ2) is 6.55. The molecule has 1 aliphatic rings. The van der Waals surface area contributed by atoms with Crippen LogP contribution in [0.5, 0.6) is 0 Å². The molecule has 27 heavy (non-hydrogen) atoms. The van der Waals surface area contributed by atoms with Crippen LogP contribution in [-0.4, -0.2) is 7.05 Å². The number of hydrogen-bond acceptors (Lipinski definition) is 2. The molecule has 3 heteroatoms. The van der Waals surface area contributed by atoms with Crippen molar-refractivity contribution in [1.82, 2.24) is 0 Å². The van der Waals surface area contributed by atoms with Gasteiger partial charge in [-0.1, -0.05) is 92.7 Å². The first-order valence-corrected chi connectivity index (χ1v) is 11.0. The van der Waals surface area contributed by atoms with Gasteiger partial charge in [0.25, 0.3) is 0 Å². The molecule has 1 heterocycles. The van der Waals surface area contributed by atoms with Gasteiger partial charge in [0.2, 0.25) is 0 Å². The molecular formula is C24H24NOP. The van der Waals surface area contributed by atoms with Gasteiger partial charge >= 0.3 is 0 Å². The quantitative estimate of drug-likeness (QED) is 0.583. The van der Waals surface area contributed by atoms with E-state index >= 15 is 0 Å². The van der Waals surface area contributed by atoms with E-state index in [1.54, 1.807) is 0 Å². The van der Waals surface area contributed by atoms with E-state index < -0.39 is 7.14 Å². The third-order valence-corrected chi connectivity index (χ3v) is 8.26. The lowest BCUT2D eigenvalue weighted by Gasteiger charge is -2.27. The van der Waals surface area contributed by atoms with Gasteiger partial charge in [-0.15, -0.1) is 0 Å². The largest absolute Gasteiger partial charge is 0.347 e. The van der Waals surface area contributed by atoms with Crippen LogP contribution in [0.2, 0.25) is 0 Å². The number of rotatable bonds is 3. The first-order valence-electron chi connectivity index (χ1n) is 9.22. The third-order valence-electron chi connectivity index (χ3n) is 5.52. The monoisotopic (exact) mass is 373 g/mol. The Bertz CT molecular complexity index is 995. The predicted molar refractivity (Wildman–Crippen MR) is 116 cm³/mol. The fourth-order valence-electron chi connectivity index (χ4n) is 4.00. The number of likely N-dealkylation sites (N-methyl/N-ethyl adjacent to an activating group) is 1. The smallest absolute Gasteiger partial charge is 0.165 e. The van der Waals surface area contributed by atoms with Crippen molar-refractivity contribution in [2.24, 2.45) is 0 Å². The van der Waals surface area contributed by atoms with E-state index in [4.69, 9.17) is 0 Å². The first-order chi connectivity index (χ1) is 12.9. The summed E-state index contributed by atoms with van der Waals surface area (Å²) in [5, 5.41) is 1.73. The Kier molecular flexibility index (Phi) is 4.32. The fourth-order valence-corrected chi connectivity index (χ4v) is 6.67. The zero-order valence-corrected chi connectivity index (χ0v) is 16.9. The molecule has 4 rings (SSSR count). The summed E-state index contributed by atoms with van der Waals surface area (Å²) in [6, 6.07) is 28.1. The molecule has 0 radical (unpaired) electrons. The molecular weight excluding hydrogens is 349 g/mol. The molecule has 0 fully saturated rings. The van der Waals surface area contributed by atoms with Crippen LogP contribution in [0.3, 0.4) is 0 Å². The normalized spacial score (nSPS) is 17.1. The molecule has 0 bridgehead atoms. The standard InChI is InChI=1S/C24H24NOP/c1-24(2)21-16-10-11-17-22(21)25(3)23(24)18-27(26,19-12-6-4-7-13-19)20-14-8-5-9-15-20/h4-18H,1-3H3/b23-18+. The van der Waals surface area contributed by atoms with Crippen molar-refractivity contribution in [3.63, 3.8) is 0 Å². The van der Waals surface area contributed by atoms with Gasteiger partial charge in [-0.3, -0.25) is 0 Å². The van der Waals surface area contributed by atoms with Gasteiger partial charge in [0.1, 0.15) is 0 Å². The van der Waals surface area contributed by atoms with E-state index in [0.29, 0.717) is 0 Å². The minimum Gasteiger partial charge on any atom is -0.347 e. The highest BCUT2D eigenvalue weighted by Gasteiger charge is 2.40. The SMILES string of the molecule is CN1/C(=C/P(=O)(c2ccccc2)c2ccccc2)C(C)(C)c2ccccc21. The molecule has 0 aliphatic carbocycles. The van der Waals surface area contributed by atoms with E-state index in [1.165, 1.54) is 11.3 Å². The average molecular weight is 373 g/mol. The first kappa shape index (κ1) is 17.8. The summed E-state index contributed by atoms with van der Waals surface area (Å²) in [7, 11) is -0.854. The molecule has 0 saturated carbocycles. The Morgan fingerprint density at radius 3 is 1.78 bits per heavy atom. The Morgan fingerprint density at radius 2 is 1.26 bits per heavy atom. The topological polar surface area (TPSA) is 20.3 Å². The molecule has 0 aromatic heterocycles. The van der Waals surface area contributed by atoms with Gasteiger partial charge < -0.3 is 9.46 Å². The molecule has 0 N–H and O–H groups in total. The van der Waals surface area contributed by atoms with Gasteiger partial charge in [0.05, 0.1) is 0 Å². The van der Waals surface area contributed by atoms with Crippen molar-refractivity contribution < 1.29 is 4.57 Å². The van der Waals surface area contributed by atoms with Crippen molar-refractivity contribution >= 4 is 23.4 Å². The average Bonchev–Trinajstić information content (AvgIpc) is 2.90. The molecule has 0 atom stereocenters. The van der Waals surface area contributed by atoms with Crippen LogP contribution >= 0.6 is 7.14 Å². The third kappa shape index (κ3) is 2.85. The number of fused-ring (bicyclic) bond motifs is 1. The lowest BCUT2D eigenvalue weighted by atomic mass is 9.84. The van der Waals surface area contributed by atoms with Gasteiger partial charge in [0, 0.05) is 40.3 Å². The Labute approximate surface area is 161 Å². The maximum absolute atomic E-state index is 14.5. The number of benzene rings is 3. The van der Waals surface area contributed by atoms with E-state index in [-0.39, 0.29) is 5.41 Å². The Morgan fingerprint density at radius 1 is 0.778 bits per heavy atom. The van der Waals surface area contributed by atoms with Crippen LogP contribution in [0.15, 0.2) is 96.4 Å². The van der Waals surface area contributed by atoms with E-state index in [1.807, 2.05) is 66.5 Å². The summed E-state index contributed by atoms with van der Waals surface area (Å²) >= 11 is 0. The minimum absolute atomic E-state index is 0.204. The predicted octanol–water partition coefficient (Wildman–Crippen LogP) is 5.27. The highest BCUT2D eigenvalue weighted by molar-refractivity contribution is 7.81. The van der Waals surface area contributed by atoms with Crippen LogP contribution in [-0.2, 0) is 9.98 Å². The van der Waals surface area contributed by atoms with Gasteiger partial charge in [-0.25, -0.2) is 0 Å². The maximum Gasteiger partial charge on any atom is 0.165 e. The minimum atomic E-state index is -2.92. The van der Waals surface area contributed by atoms with Crippen molar-refractivity contribution in [3.05, 3.63) is 102 Å². The fraction of sp³-hybridized carbons (Fsp3) is 0.167. The van der Waals surface area contributed by atoms with Crippen molar-refractivity contribution in [2.75, 3.05) is 11.9 Å². The lowest BCUT2D eigenvalue weighted by Crippen LogP contribution is -2.25. The molecule has 3 aromatic carbocycles. The highest BCUT2D eigenvalue weighted by atomic mass is 31.2. The van der Waals surface area contributed by atoms with Crippen LogP contribution < -0.4 is 15.5 Å². The van der Waals surface area contributed by atoms with Gasteiger partial charge in [-0.2, -0.15) is 0 Å². The molecule has 3 aromatic rings. The number of allylic oxidation sites excluding steroid dienone is 1. The Balaban J connectivity index is 1.95. The number of hydrogen-bond donors (Lipinski definition) is 0.